The van der Waals surface area contributed by atoms with Crippen molar-refractivity contribution in [2.45, 2.75) is 6.92 Å². The van der Waals surface area contributed by atoms with Gasteiger partial charge in [0.05, 0.1) is 6.20 Å². The maximum atomic E-state index is 12.6. The van der Waals surface area contributed by atoms with Crippen molar-refractivity contribution in [2.75, 3.05) is 23.3 Å². The summed E-state index contributed by atoms with van der Waals surface area (Å²) in [6, 6.07) is 15.9. The third-order valence-corrected chi connectivity index (χ3v) is 4.59. The number of carbonyl (C=O) groups excluding carboxylic acids is 2. The highest BCUT2D eigenvalue weighted by Gasteiger charge is 2.21. The zero-order chi connectivity index (χ0) is 20.2. The van der Waals surface area contributed by atoms with Gasteiger partial charge in [-0.1, -0.05) is 0 Å². The van der Waals surface area contributed by atoms with Crippen molar-refractivity contribution < 1.29 is 14.3 Å². The van der Waals surface area contributed by atoms with Gasteiger partial charge in [0, 0.05) is 36.2 Å². The molecule has 0 radical (unpaired) electrons. The van der Waals surface area contributed by atoms with Crippen LogP contribution in [0.2, 0.25) is 0 Å². The number of nitrogens with zero attached hydrogens (tertiary/aromatic N) is 2. The number of hydrogen-bond acceptors (Lipinski definition) is 4. The summed E-state index contributed by atoms with van der Waals surface area (Å²) in [5, 5.41) is 5.65. The molecule has 0 unspecified atom stereocenters. The molecule has 1 aliphatic rings. The van der Waals surface area contributed by atoms with E-state index in [4.69, 9.17) is 4.74 Å². The van der Waals surface area contributed by atoms with Gasteiger partial charge in [-0.15, -0.1) is 0 Å². The second-order valence-electron chi connectivity index (χ2n) is 6.66. The second-order valence-corrected chi connectivity index (χ2v) is 6.66. The molecule has 29 heavy (non-hydrogen) atoms. The van der Waals surface area contributed by atoms with Crippen LogP contribution in [0.25, 0.3) is 0 Å². The standard InChI is InChI=1S/C22H20N4O3/c1-15-13-17(6-9-20(15)29-19-3-2-10-23-14-19)25-21(27)16-4-7-18(8-5-16)26-12-11-24-22(26)28/h2-10,13-14H,11-12H2,1H3,(H,24,28)(H,25,27). The zero-order valence-electron chi connectivity index (χ0n) is 15.9. The van der Waals surface area contributed by atoms with E-state index < -0.39 is 0 Å². The molecule has 1 saturated heterocycles. The molecule has 146 valence electrons. The van der Waals surface area contributed by atoms with Crippen LogP contribution in [0.3, 0.4) is 0 Å². The van der Waals surface area contributed by atoms with Crippen molar-refractivity contribution in [1.82, 2.24) is 10.3 Å². The Labute approximate surface area is 168 Å². The van der Waals surface area contributed by atoms with Crippen molar-refractivity contribution in [3.8, 4) is 11.5 Å². The van der Waals surface area contributed by atoms with E-state index in [0.29, 0.717) is 35.8 Å². The summed E-state index contributed by atoms with van der Waals surface area (Å²) < 4.78 is 5.81. The summed E-state index contributed by atoms with van der Waals surface area (Å²) in [4.78, 5) is 30.0. The third-order valence-electron chi connectivity index (χ3n) is 4.59. The molecule has 0 saturated carbocycles. The molecule has 0 bridgehead atoms. The van der Waals surface area contributed by atoms with E-state index in [2.05, 4.69) is 15.6 Å². The van der Waals surface area contributed by atoms with Gasteiger partial charge >= 0.3 is 6.03 Å². The number of urea groups is 1. The Bertz CT molecular complexity index is 1040. The summed E-state index contributed by atoms with van der Waals surface area (Å²) in [5.41, 5.74) is 2.85. The summed E-state index contributed by atoms with van der Waals surface area (Å²) >= 11 is 0. The van der Waals surface area contributed by atoms with Gasteiger partial charge in [-0.25, -0.2) is 4.79 Å². The smallest absolute Gasteiger partial charge is 0.321 e. The Kier molecular flexibility index (Phi) is 5.11. The van der Waals surface area contributed by atoms with Crippen LogP contribution in [0.4, 0.5) is 16.2 Å². The number of rotatable bonds is 5. The molecule has 7 heteroatoms. The van der Waals surface area contributed by atoms with E-state index in [9.17, 15) is 9.59 Å². The minimum atomic E-state index is -0.220. The van der Waals surface area contributed by atoms with Crippen molar-refractivity contribution in [3.05, 3.63) is 78.1 Å². The van der Waals surface area contributed by atoms with Crippen molar-refractivity contribution in [1.29, 1.82) is 0 Å². The van der Waals surface area contributed by atoms with Crippen molar-refractivity contribution in [3.63, 3.8) is 0 Å². The van der Waals surface area contributed by atoms with E-state index in [1.807, 2.05) is 25.1 Å². The molecule has 0 atom stereocenters. The molecule has 2 N–H and O–H groups in total. The van der Waals surface area contributed by atoms with Crippen LogP contribution in [-0.2, 0) is 0 Å². The molecule has 2 heterocycles. The van der Waals surface area contributed by atoms with Gasteiger partial charge in [0.2, 0.25) is 0 Å². The number of benzene rings is 2. The zero-order valence-corrected chi connectivity index (χ0v) is 15.9. The maximum Gasteiger partial charge on any atom is 0.321 e. The van der Waals surface area contributed by atoms with Crippen LogP contribution >= 0.6 is 0 Å². The van der Waals surface area contributed by atoms with Crippen LogP contribution in [0.5, 0.6) is 11.5 Å². The highest BCUT2D eigenvalue weighted by Crippen LogP contribution is 2.27. The molecular weight excluding hydrogens is 368 g/mol. The van der Waals surface area contributed by atoms with E-state index in [0.717, 1.165) is 11.3 Å². The molecule has 3 amide bonds. The van der Waals surface area contributed by atoms with E-state index in [-0.39, 0.29) is 11.9 Å². The number of hydrogen-bond donors (Lipinski definition) is 2. The maximum absolute atomic E-state index is 12.6. The van der Waals surface area contributed by atoms with Crippen LogP contribution in [0.15, 0.2) is 67.0 Å². The highest BCUT2D eigenvalue weighted by atomic mass is 16.5. The molecule has 1 aromatic heterocycles. The molecule has 3 aromatic rings. The molecule has 0 aliphatic carbocycles. The van der Waals surface area contributed by atoms with E-state index >= 15 is 0 Å². The number of pyridine rings is 1. The summed E-state index contributed by atoms with van der Waals surface area (Å²) in [6.45, 7) is 3.16. The van der Waals surface area contributed by atoms with Crippen LogP contribution < -0.4 is 20.3 Å². The lowest BCUT2D eigenvalue weighted by atomic mass is 10.1. The molecule has 7 nitrogen and oxygen atoms in total. The fraction of sp³-hybridized carbons (Fsp3) is 0.136. The number of carbonyl (C=O) groups is 2. The van der Waals surface area contributed by atoms with E-state index in [1.165, 1.54) is 0 Å². The largest absolute Gasteiger partial charge is 0.455 e. The number of aryl methyl sites for hydroxylation is 1. The fourth-order valence-electron chi connectivity index (χ4n) is 3.09. The average molecular weight is 388 g/mol. The Morgan fingerprint density at radius 1 is 1.17 bits per heavy atom. The minimum Gasteiger partial charge on any atom is -0.455 e. The Balaban J connectivity index is 1.43. The Morgan fingerprint density at radius 3 is 2.66 bits per heavy atom. The van der Waals surface area contributed by atoms with Crippen LogP contribution in [-0.4, -0.2) is 30.0 Å². The van der Waals surface area contributed by atoms with Crippen LogP contribution in [0, 0.1) is 6.92 Å². The molecular formula is C22H20N4O3. The summed E-state index contributed by atoms with van der Waals surface area (Å²) in [6.07, 6.45) is 3.33. The lowest BCUT2D eigenvalue weighted by molar-refractivity contribution is 0.102. The SMILES string of the molecule is Cc1cc(NC(=O)c2ccc(N3CCNC3=O)cc2)ccc1Oc1cccnc1. The first-order chi connectivity index (χ1) is 14.1. The first-order valence-corrected chi connectivity index (χ1v) is 9.25. The number of aromatic nitrogens is 1. The Morgan fingerprint density at radius 2 is 2.00 bits per heavy atom. The molecule has 1 fully saturated rings. The number of ether oxygens (including phenoxy) is 1. The van der Waals surface area contributed by atoms with Gasteiger partial charge in [-0.3, -0.25) is 14.7 Å². The van der Waals surface area contributed by atoms with Crippen molar-refractivity contribution in [2.24, 2.45) is 0 Å². The highest BCUT2D eigenvalue weighted by molar-refractivity contribution is 6.05. The third kappa shape index (κ3) is 4.19. The number of amides is 3. The van der Waals surface area contributed by atoms with Crippen LogP contribution in [0.1, 0.15) is 15.9 Å². The monoisotopic (exact) mass is 388 g/mol. The summed E-state index contributed by atoms with van der Waals surface area (Å²) in [7, 11) is 0. The predicted octanol–water partition coefficient (Wildman–Crippen LogP) is 3.96. The lowest BCUT2D eigenvalue weighted by Crippen LogP contribution is -2.27. The minimum absolute atomic E-state index is 0.119. The predicted molar refractivity (Wildman–Crippen MR) is 111 cm³/mol. The lowest BCUT2D eigenvalue weighted by Gasteiger charge is -2.14. The molecule has 0 spiro atoms. The van der Waals surface area contributed by atoms with Gasteiger partial charge in [-0.05, 0) is 67.1 Å². The molecule has 1 aliphatic heterocycles. The first kappa shape index (κ1) is 18.5. The molecule has 4 rings (SSSR count). The normalized spacial score (nSPS) is 13.1. The van der Waals surface area contributed by atoms with Gasteiger partial charge in [-0.2, -0.15) is 0 Å². The average Bonchev–Trinajstić information content (AvgIpc) is 3.17. The van der Waals surface area contributed by atoms with Gasteiger partial charge in [0.15, 0.2) is 0 Å². The Hall–Kier alpha value is -3.87. The quantitative estimate of drug-likeness (QED) is 0.693. The van der Waals surface area contributed by atoms with Gasteiger partial charge < -0.3 is 15.4 Å². The number of anilines is 2. The van der Waals surface area contributed by atoms with Crippen molar-refractivity contribution >= 4 is 23.3 Å². The first-order valence-electron chi connectivity index (χ1n) is 9.25. The summed E-state index contributed by atoms with van der Waals surface area (Å²) in [5.74, 6) is 1.13. The second kappa shape index (κ2) is 8.02. The molecule has 2 aromatic carbocycles. The topological polar surface area (TPSA) is 83.6 Å². The fourth-order valence-corrected chi connectivity index (χ4v) is 3.09. The van der Waals surface area contributed by atoms with Gasteiger partial charge in [0.25, 0.3) is 5.91 Å². The van der Waals surface area contributed by atoms with E-state index in [1.54, 1.807) is 53.7 Å². The van der Waals surface area contributed by atoms with Gasteiger partial charge in [0.1, 0.15) is 11.5 Å². The number of nitrogens with one attached hydrogen (secondary N) is 2.